The van der Waals surface area contributed by atoms with Gasteiger partial charge in [-0.2, -0.15) is 9.36 Å². The fourth-order valence-corrected chi connectivity index (χ4v) is 1.77. The van der Waals surface area contributed by atoms with Crippen molar-refractivity contribution in [2.75, 3.05) is 7.11 Å². The highest BCUT2D eigenvalue weighted by Crippen LogP contribution is 2.13. The van der Waals surface area contributed by atoms with Gasteiger partial charge in [-0.1, -0.05) is 18.2 Å². The zero-order valence-corrected chi connectivity index (χ0v) is 14.1. The Morgan fingerprint density at radius 1 is 1.08 bits per heavy atom. The molecule has 0 spiro atoms. The summed E-state index contributed by atoms with van der Waals surface area (Å²) in [5.41, 5.74) is 1.87. The molecule has 0 fully saturated rings. The number of ether oxygens (including phenoxy) is 1. The fourth-order valence-electron chi connectivity index (χ4n) is 1.77. The zero-order chi connectivity index (χ0) is 18.3. The van der Waals surface area contributed by atoms with Crippen molar-refractivity contribution in [2.24, 2.45) is 14.1 Å². The molecule has 2 aromatic rings. The third-order valence-corrected chi connectivity index (χ3v) is 3.01. The van der Waals surface area contributed by atoms with Crippen LogP contribution in [0.4, 0.5) is 0 Å². The number of hydrogen-bond donors (Lipinski definition) is 0. The smallest absolute Gasteiger partial charge is 0.497 e. The second kappa shape index (κ2) is 8.57. The number of halogens is 1. The molecule has 1 heterocycles. The molecule has 0 aliphatic heterocycles. The van der Waals surface area contributed by atoms with Gasteiger partial charge in [0.05, 0.1) is 27.4 Å². The van der Waals surface area contributed by atoms with E-state index in [2.05, 4.69) is 0 Å². The number of methoxy groups -OCH3 is 1. The SMILES string of the molecule is COc1ccc(/C=C/c2cc[n+](C)c(=O)n2C)cc1.[O-][Cl+3]([O-])([O-])[O-]. The van der Waals surface area contributed by atoms with E-state index >= 15 is 0 Å². The van der Waals surface area contributed by atoms with Gasteiger partial charge in [-0.05, 0) is 23.8 Å². The molecule has 0 unspecified atom stereocenters. The monoisotopic (exact) mass is 356 g/mol. The van der Waals surface area contributed by atoms with Gasteiger partial charge in [-0.15, -0.1) is 10.2 Å². The lowest BCUT2D eigenvalue weighted by Gasteiger charge is -2.17. The molecule has 0 saturated heterocycles. The van der Waals surface area contributed by atoms with Gasteiger partial charge in [0.1, 0.15) is 11.4 Å². The predicted molar refractivity (Wildman–Crippen MR) is 74.8 cm³/mol. The lowest BCUT2D eigenvalue weighted by Crippen LogP contribution is -2.68. The summed E-state index contributed by atoms with van der Waals surface area (Å²) in [7, 11) is 0.194. The zero-order valence-electron chi connectivity index (χ0n) is 13.3. The first-order chi connectivity index (χ1) is 11.1. The normalized spacial score (nSPS) is 11.1. The van der Waals surface area contributed by atoms with Crippen LogP contribution in [-0.4, -0.2) is 11.7 Å². The van der Waals surface area contributed by atoms with Crippen LogP contribution in [0.15, 0.2) is 41.3 Å². The lowest BCUT2D eigenvalue weighted by atomic mass is 10.2. The van der Waals surface area contributed by atoms with Gasteiger partial charge < -0.3 is 4.74 Å². The summed E-state index contributed by atoms with van der Waals surface area (Å²) >= 11 is 0. The molecule has 24 heavy (non-hydrogen) atoms. The molecule has 1 aromatic carbocycles. The summed E-state index contributed by atoms with van der Waals surface area (Å²) in [6.45, 7) is 0. The molecule has 0 amide bonds. The molecular formula is C15H17ClN2O6. The third kappa shape index (κ3) is 6.90. The number of rotatable bonds is 3. The maximum atomic E-state index is 11.8. The quantitative estimate of drug-likeness (QED) is 0.528. The second-order valence-electron chi connectivity index (χ2n) is 4.68. The summed E-state index contributed by atoms with van der Waals surface area (Å²) in [5.74, 6) is 0.830. The minimum Gasteiger partial charge on any atom is -0.497 e. The van der Waals surface area contributed by atoms with Crippen molar-refractivity contribution in [2.45, 2.75) is 0 Å². The first-order valence-electron chi connectivity index (χ1n) is 6.61. The number of nitrogens with zero attached hydrogens (tertiary/aromatic N) is 2. The Balaban J connectivity index is 0.000000505. The highest BCUT2D eigenvalue weighted by atomic mass is 35.7. The van der Waals surface area contributed by atoms with Crippen LogP contribution in [0.5, 0.6) is 5.75 Å². The maximum absolute atomic E-state index is 11.8. The van der Waals surface area contributed by atoms with Crippen LogP contribution in [0.3, 0.4) is 0 Å². The highest BCUT2D eigenvalue weighted by Gasteiger charge is 2.06. The van der Waals surface area contributed by atoms with E-state index in [1.54, 1.807) is 36.5 Å². The minimum atomic E-state index is -4.94. The van der Waals surface area contributed by atoms with E-state index in [4.69, 9.17) is 23.4 Å². The van der Waals surface area contributed by atoms with Crippen LogP contribution in [0.25, 0.3) is 12.2 Å². The van der Waals surface area contributed by atoms with Crippen LogP contribution in [0, 0.1) is 10.2 Å². The molecule has 2 rings (SSSR count). The topological polar surface area (TPSA) is 127 Å². The van der Waals surface area contributed by atoms with Gasteiger partial charge in [0.15, 0.2) is 0 Å². The van der Waals surface area contributed by atoms with Crippen LogP contribution < -0.4 is 33.6 Å². The van der Waals surface area contributed by atoms with Crippen molar-refractivity contribution in [3.05, 3.63) is 58.3 Å². The number of aromatic nitrogens is 2. The molecule has 8 nitrogen and oxygen atoms in total. The average Bonchev–Trinajstić information content (AvgIpc) is 2.51. The fraction of sp³-hybridized carbons (Fsp3) is 0.200. The van der Waals surface area contributed by atoms with E-state index < -0.39 is 10.2 Å². The maximum Gasteiger partial charge on any atom is 0.497 e. The Morgan fingerprint density at radius 3 is 2.12 bits per heavy atom. The lowest BCUT2D eigenvalue weighted by molar-refractivity contribution is -2.00. The number of hydrogen-bond acceptors (Lipinski definition) is 6. The van der Waals surface area contributed by atoms with Gasteiger partial charge in [0.25, 0.3) is 0 Å². The number of benzene rings is 1. The van der Waals surface area contributed by atoms with Crippen molar-refractivity contribution in [3.63, 3.8) is 0 Å². The van der Waals surface area contributed by atoms with Gasteiger partial charge in [0, 0.05) is 6.07 Å². The van der Waals surface area contributed by atoms with Crippen molar-refractivity contribution in [1.82, 2.24) is 4.57 Å². The summed E-state index contributed by atoms with van der Waals surface area (Å²) in [6.07, 6.45) is 5.65. The third-order valence-electron chi connectivity index (χ3n) is 3.01. The minimum absolute atomic E-state index is 0.0446. The Kier molecular flexibility index (Phi) is 7.08. The van der Waals surface area contributed by atoms with E-state index in [0.29, 0.717) is 0 Å². The summed E-state index contributed by atoms with van der Waals surface area (Å²) in [5, 5.41) is 0. The first kappa shape index (κ1) is 19.8. The first-order valence-corrected chi connectivity index (χ1v) is 7.85. The second-order valence-corrected chi connectivity index (χ2v) is 5.43. The molecule has 9 heteroatoms. The molecule has 1 aromatic heterocycles. The van der Waals surface area contributed by atoms with Crippen LogP contribution in [0.1, 0.15) is 11.3 Å². The van der Waals surface area contributed by atoms with Gasteiger partial charge in [-0.3, -0.25) is 0 Å². The Bertz CT molecular complexity index is 744. The van der Waals surface area contributed by atoms with E-state index in [-0.39, 0.29) is 5.69 Å². The van der Waals surface area contributed by atoms with Crippen molar-refractivity contribution in [1.29, 1.82) is 0 Å². The summed E-state index contributed by atoms with van der Waals surface area (Å²) in [4.78, 5) is 11.8. The predicted octanol–water partition coefficient (Wildman–Crippen LogP) is -3.37. The molecule has 0 bridgehead atoms. The summed E-state index contributed by atoms with van der Waals surface area (Å²) < 4.78 is 42.2. The molecule has 130 valence electrons. The van der Waals surface area contributed by atoms with Crippen LogP contribution in [0.2, 0.25) is 0 Å². The molecule has 0 radical (unpaired) electrons. The largest absolute Gasteiger partial charge is 0.497 e. The van der Waals surface area contributed by atoms with E-state index in [1.807, 2.05) is 42.5 Å². The average molecular weight is 357 g/mol. The van der Waals surface area contributed by atoms with Gasteiger partial charge in [0.2, 0.25) is 0 Å². The van der Waals surface area contributed by atoms with E-state index in [1.165, 1.54) is 0 Å². The molecule has 0 aliphatic carbocycles. The standard InChI is InChI=1S/C15H17N2O2.ClHO4/c1-16-11-10-13(17(2)15(16)18)7-4-12-5-8-14(19-3)9-6-12;2-1(3,4)5/h4-11H,1-3H3;(H,2,3,4,5)/q+1;/p-1/b7-4+;. The van der Waals surface area contributed by atoms with Crippen LogP contribution in [-0.2, 0) is 14.1 Å². The van der Waals surface area contributed by atoms with Crippen molar-refractivity contribution in [3.8, 4) is 5.75 Å². The van der Waals surface area contributed by atoms with Crippen molar-refractivity contribution < 1.29 is 38.2 Å². The summed E-state index contributed by atoms with van der Waals surface area (Å²) in [6, 6.07) is 9.65. The Labute approximate surface area is 140 Å². The molecule has 0 atom stereocenters. The molecule has 0 aliphatic rings. The molecule has 0 N–H and O–H groups in total. The van der Waals surface area contributed by atoms with E-state index in [0.717, 1.165) is 17.0 Å². The van der Waals surface area contributed by atoms with Gasteiger partial charge >= 0.3 is 5.69 Å². The van der Waals surface area contributed by atoms with Gasteiger partial charge in [-0.25, -0.2) is 23.2 Å². The highest BCUT2D eigenvalue weighted by molar-refractivity contribution is 5.68. The number of aryl methyl sites for hydroxylation is 1. The molecular weight excluding hydrogens is 340 g/mol. The van der Waals surface area contributed by atoms with Crippen molar-refractivity contribution >= 4 is 12.2 Å². The Hall–Kier alpha value is -2.23. The molecule has 0 saturated carbocycles. The Morgan fingerprint density at radius 2 is 1.62 bits per heavy atom. The van der Waals surface area contributed by atoms with E-state index in [9.17, 15) is 4.79 Å². The van der Waals surface area contributed by atoms with Crippen LogP contribution >= 0.6 is 0 Å².